The number of rotatable bonds is 5. The van der Waals surface area contributed by atoms with Crippen LogP contribution in [-0.2, 0) is 0 Å². The fourth-order valence-electron chi connectivity index (χ4n) is 3.08. The maximum atomic E-state index is 5.51. The lowest BCUT2D eigenvalue weighted by molar-refractivity contribution is 0.190. The molecule has 1 N–H and O–H groups in total. The van der Waals surface area contributed by atoms with Crippen molar-refractivity contribution < 1.29 is 9.26 Å². The number of nitrogens with one attached hydrogen (secondary N) is 1. The van der Waals surface area contributed by atoms with E-state index in [2.05, 4.69) is 42.7 Å². The van der Waals surface area contributed by atoms with Crippen LogP contribution in [0.15, 0.2) is 22.9 Å². The number of aromatic nitrogens is 6. The van der Waals surface area contributed by atoms with Gasteiger partial charge in [0, 0.05) is 25.7 Å². The molecule has 0 aliphatic carbocycles. The molecule has 142 valence electrons. The number of hydrogen-bond donors (Lipinski definition) is 1. The normalized spacial score (nSPS) is 18.0. The van der Waals surface area contributed by atoms with Gasteiger partial charge in [-0.25, -0.2) is 4.68 Å². The minimum Gasteiger partial charge on any atom is -0.477 e. The molecule has 4 heterocycles. The van der Waals surface area contributed by atoms with Crippen molar-refractivity contribution in [1.82, 2.24) is 40.3 Å². The molecule has 0 saturated carbocycles. The van der Waals surface area contributed by atoms with Crippen LogP contribution in [0.1, 0.15) is 24.5 Å². The van der Waals surface area contributed by atoms with E-state index in [4.69, 9.17) is 9.26 Å². The second-order valence-corrected chi connectivity index (χ2v) is 6.38. The average Bonchev–Trinajstić information content (AvgIpc) is 3.30. The highest BCUT2D eigenvalue weighted by Gasteiger charge is 2.26. The highest BCUT2D eigenvalue weighted by atomic mass is 16.5. The lowest BCUT2D eigenvalue weighted by atomic mass is 10.2. The molecule has 10 heteroatoms. The molecule has 4 rings (SSSR count). The van der Waals surface area contributed by atoms with Gasteiger partial charge in [0.25, 0.3) is 5.89 Å². The van der Waals surface area contributed by atoms with E-state index in [1.807, 2.05) is 19.9 Å². The van der Waals surface area contributed by atoms with Crippen LogP contribution in [0.2, 0.25) is 0 Å². The molecule has 1 fully saturated rings. The van der Waals surface area contributed by atoms with E-state index in [1.54, 1.807) is 16.9 Å². The summed E-state index contributed by atoms with van der Waals surface area (Å²) in [6.07, 6.45) is 1.70. The Labute approximate surface area is 156 Å². The van der Waals surface area contributed by atoms with Gasteiger partial charge in [0.2, 0.25) is 5.88 Å². The highest BCUT2D eigenvalue weighted by Crippen LogP contribution is 2.26. The van der Waals surface area contributed by atoms with E-state index in [9.17, 15) is 0 Å². The zero-order chi connectivity index (χ0) is 18.8. The zero-order valence-electron chi connectivity index (χ0n) is 15.6. The maximum Gasteiger partial charge on any atom is 0.261 e. The molecule has 1 unspecified atom stereocenters. The molecule has 1 aliphatic heterocycles. The van der Waals surface area contributed by atoms with Crippen molar-refractivity contribution in [1.29, 1.82) is 0 Å². The van der Waals surface area contributed by atoms with Crippen molar-refractivity contribution >= 4 is 0 Å². The first-order chi connectivity index (χ1) is 13.2. The van der Waals surface area contributed by atoms with Crippen LogP contribution in [0.25, 0.3) is 17.3 Å². The van der Waals surface area contributed by atoms with Gasteiger partial charge in [-0.2, -0.15) is 10.1 Å². The molecule has 1 saturated heterocycles. The molecular weight excluding hydrogens is 348 g/mol. The highest BCUT2D eigenvalue weighted by molar-refractivity contribution is 5.56. The number of likely N-dealkylation sites (N-methyl/N-ethyl adjacent to an activating group) is 1. The zero-order valence-corrected chi connectivity index (χ0v) is 15.6. The molecule has 0 spiro atoms. The van der Waals surface area contributed by atoms with Gasteiger partial charge in [-0.3, -0.25) is 4.90 Å². The Hall–Kier alpha value is -2.85. The Morgan fingerprint density at radius 2 is 2.22 bits per heavy atom. The van der Waals surface area contributed by atoms with E-state index in [1.165, 1.54) is 0 Å². The first-order valence-corrected chi connectivity index (χ1v) is 8.94. The van der Waals surface area contributed by atoms with E-state index in [-0.39, 0.29) is 6.04 Å². The van der Waals surface area contributed by atoms with E-state index in [0.29, 0.717) is 30.0 Å². The van der Waals surface area contributed by atoms with Gasteiger partial charge in [-0.05, 0) is 27.0 Å². The molecule has 0 radical (unpaired) electrons. The van der Waals surface area contributed by atoms with Crippen LogP contribution in [0.3, 0.4) is 0 Å². The summed E-state index contributed by atoms with van der Waals surface area (Å²) in [6.45, 7) is 7.09. The molecule has 1 atom stereocenters. The summed E-state index contributed by atoms with van der Waals surface area (Å²) >= 11 is 0. The minimum atomic E-state index is 0.101. The van der Waals surface area contributed by atoms with Crippen LogP contribution in [-0.4, -0.2) is 68.3 Å². The molecular formula is C17H22N8O2. The summed E-state index contributed by atoms with van der Waals surface area (Å²) < 4.78 is 12.5. The third kappa shape index (κ3) is 3.40. The topological polar surface area (TPSA) is 107 Å². The maximum absolute atomic E-state index is 5.51. The molecule has 1 aliphatic rings. The number of hydrogen-bond acceptors (Lipinski definition) is 9. The summed E-state index contributed by atoms with van der Waals surface area (Å²) in [6, 6.07) is 3.68. The smallest absolute Gasteiger partial charge is 0.261 e. The van der Waals surface area contributed by atoms with Crippen molar-refractivity contribution in [3.63, 3.8) is 0 Å². The Balaban J connectivity index is 1.59. The second kappa shape index (κ2) is 7.41. The summed E-state index contributed by atoms with van der Waals surface area (Å²) in [5.41, 5.74) is 1.62. The molecule has 3 aromatic rings. The van der Waals surface area contributed by atoms with Crippen LogP contribution in [0.4, 0.5) is 0 Å². The van der Waals surface area contributed by atoms with Crippen molar-refractivity contribution in [2.45, 2.75) is 19.9 Å². The molecule has 10 nitrogen and oxygen atoms in total. The van der Waals surface area contributed by atoms with Gasteiger partial charge in [0.15, 0.2) is 11.6 Å². The lowest BCUT2D eigenvalue weighted by Gasteiger charge is -2.30. The summed E-state index contributed by atoms with van der Waals surface area (Å²) in [7, 11) is 2.06. The number of ether oxygens (including phenoxy) is 1. The van der Waals surface area contributed by atoms with Gasteiger partial charge in [0.05, 0.1) is 30.1 Å². The van der Waals surface area contributed by atoms with Crippen LogP contribution in [0, 0.1) is 6.92 Å². The largest absolute Gasteiger partial charge is 0.477 e. The first kappa shape index (κ1) is 17.6. The van der Waals surface area contributed by atoms with Crippen molar-refractivity contribution in [3.05, 3.63) is 29.8 Å². The first-order valence-electron chi connectivity index (χ1n) is 8.94. The molecule has 0 aromatic carbocycles. The van der Waals surface area contributed by atoms with E-state index < -0.39 is 0 Å². The quantitative estimate of drug-likeness (QED) is 0.703. The van der Waals surface area contributed by atoms with Crippen LogP contribution < -0.4 is 10.1 Å². The minimum absolute atomic E-state index is 0.101. The van der Waals surface area contributed by atoms with Gasteiger partial charge < -0.3 is 14.6 Å². The second-order valence-electron chi connectivity index (χ2n) is 6.38. The molecule has 0 amide bonds. The van der Waals surface area contributed by atoms with E-state index >= 15 is 0 Å². The predicted molar refractivity (Wildman–Crippen MR) is 96.6 cm³/mol. The fraction of sp³-hybridized carbons (Fsp3) is 0.471. The average molecular weight is 370 g/mol. The number of nitrogens with zero attached hydrogens (tertiary/aromatic N) is 7. The standard InChI is InChI=1S/C17H22N8O2/c1-4-26-15-6-5-14(21-22-15)25-11(2)12(9-19-25)17-20-16(23-27-17)13-10-18-7-8-24(13)3/h5-6,9,13,18H,4,7-8,10H2,1-3H3. The van der Waals surface area contributed by atoms with E-state index in [0.717, 1.165) is 30.9 Å². The van der Waals surface area contributed by atoms with Gasteiger partial charge in [-0.15, -0.1) is 10.2 Å². The molecule has 3 aromatic heterocycles. The SMILES string of the molecule is CCOc1ccc(-n2ncc(-c3nc(C4CNCCN4C)no3)c2C)nn1. The Bertz CT molecular complexity index is 904. The van der Waals surface area contributed by atoms with Crippen molar-refractivity contribution in [2.75, 3.05) is 33.3 Å². The van der Waals surface area contributed by atoms with Crippen LogP contribution >= 0.6 is 0 Å². The lowest BCUT2D eigenvalue weighted by Crippen LogP contribution is -2.44. The van der Waals surface area contributed by atoms with Gasteiger partial charge >= 0.3 is 0 Å². The third-order valence-electron chi connectivity index (χ3n) is 4.63. The Morgan fingerprint density at radius 3 is 2.96 bits per heavy atom. The van der Waals surface area contributed by atoms with Crippen molar-refractivity contribution in [2.24, 2.45) is 0 Å². The fourth-order valence-corrected chi connectivity index (χ4v) is 3.08. The summed E-state index contributed by atoms with van der Waals surface area (Å²) in [4.78, 5) is 6.81. The van der Waals surface area contributed by atoms with Crippen molar-refractivity contribution in [3.8, 4) is 23.2 Å². The molecule has 0 bridgehead atoms. The predicted octanol–water partition coefficient (Wildman–Crippen LogP) is 0.996. The Kier molecular flexibility index (Phi) is 4.82. The number of piperazine rings is 1. The van der Waals surface area contributed by atoms with Crippen LogP contribution in [0.5, 0.6) is 5.88 Å². The third-order valence-corrected chi connectivity index (χ3v) is 4.63. The summed E-state index contributed by atoms with van der Waals surface area (Å²) in [5, 5.41) is 20.1. The van der Waals surface area contributed by atoms with Gasteiger partial charge in [0.1, 0.15) is 0 Å². The molecule has 27 heavy (non-hydrogen) atoms. The van der Waals surface area contributed by atoms with Gasteiger partial charge in [-0.1, -0.05) is 5.16 Å². The Morgan fingerprint density at radius 1 is 1.33 bits per heavy atom. The summed E-state index contributed by atoms with van der Waals surface area (Å²) in [5.74, 6) is 2.20. The monoisotopic (exact) mass is 370 g/mol.